The van der Waals surface area contributed by atoms with E-state index < -0.39 is 0 Å². The zero-order valence-corrected chi connectivity index (χ0v) is 13.8. The molecule has 2 N–H and O–H groups in total. The Morgan fingerprint density at radius 2 is 2.04 bits per heavy atom. The Morgan fingerprint density at radius 3 is 2.74 bits per heavy atom. The third-order valence-electron chi connectivity index (χ3n) is 4.47. The first-order valence-corrected chi connectivity index (χ1v) is 8.94. The van der Waals surface area contributed by atoms with Crippen LogP contribution < -0.4 is 15.5 Å². The van der Waals surface area contributed by atoms with E-state index in [4.69, 9.17) is 5.73 Å². The first-order chi connectivity index (χ1) is 11.3. The summed E-state index contributed by atoms with van der Waals surface area (Å²) in [4.78, 5) is 21.5. The van der Waals surface area contributed by atoms with Crippen LogP contribution in [0.4, 0.5) is 11.4 Å². The van der Waals surface area contributed by atoms with E-state index in [1.807, 2.05) is 28.5 Å². The van der Waals surface area contributed by atoms with E-state index in [-0.39, 0.29) is 5.91 Å². The van der Waals surface area contributed by atoms with Gasteiger partial charge in [0.05, 0.1) is 11.4 Å². The van der Waals surface area contributed by atoms with Gasteiger partial charge in [-0.25, -0.2) is 4.98 Å². The molecule has 1 aromatic heterocycles. The number of nitrogens with two attached hydrogens (primary N) is 1. The number of benzene rings is 1. The minimum Gasteiger partial charge on any atom is -0.368 e. The Balaban J connectivity index is 1.62. The first-order valence-electron chi connectivity index (χ1n) is 8.06. The summed E-state index contributed by atoms with van der Waals surface area (Å²) in [6.07, 6.45) is 2.67. The van der Waals surface area contributed by atoms with Crippen molar-refractivity contribution in [1.82, 2.24) is 4.98 Å². The maximum Gasteiger partial charge on any atom is 0.277 e. The molecular weight excluding hydrogens is 308 g/mol. The van der Waals surface area contributed by atoms with Gasteiger partial charge < -0.3 is 15.5 Å². The molecule has 1 aromatic carbocycles. The number of hydrogen-bond donors (Lipinski definition) is 1. The standard InChI is InChI=1S/C17H20N4OS/c18-9-16-19-13(11-23-16)17(22)21-8-7-20(10-12-5-6-12)14-3-1-2-4-15(14)21/h1-4,11-12H,5-10,18H2. The second-order valence-electron chi connectivity index (χ2n) is 6.17. The van der Waals surface area contributed by atoms with Crippen molar-refractivity contribution >= 4 is 28.6 Å². The Bertz CT molecular complexity index is 725. The van der Waals surface area contributed by atoms with Crippen LogP contribution >= 0.6 is 11.3 Å². The maximum atomic E-state index is 12.8. The van der Waals surface area contributed by atoms with Gasteiger partial charge in [-0.1, -0.05) is 12.1 Å². The molecule has 0 unspecified atom stereocenters. The summed E-state index contributed by atoms with van der Waals surface area (Å²) < 4.78 is 0. The largest absolute Gasteiger partial charge is 0.368 e. The Hall–Kier alpha value is -1.92. The molecule has 0 spiro atoms. The predicted molar refractivity (Wildman–Crippen MR) is 93.1 cm³/mol. The van der Waals surface area contributed by atoms with Crippen LogP contribution in [0.25, 0.3) is 0 Å². The van der Waals surface area contributed by atoms with Crippen molar-refractivity contribution < 1.29 is 4.79 Å². The van der Waals surface area contributed by atoms with E-state index in [2.05, 4.69) is 16.0 Å². The molecule has 0 radical (unpaired) electrons. The SMILES string of the molecule is NCc1nc(C(=O)N2CCN(CC3CC3)c3ccccc32)cs1. The number of anilines is 2. The molecule has 4 rings (SSSR count). The van der Waals surface area contributed by atoms with Crippen LogP contribution in [0.3, 0.4) is 0 Å². The van der Waals surface area contributed by atoms with Gasteiger partial charge in [0.25, 0.3) is 5.91 Å². The molecule has 0 atom stereocenters. The van der Waals surface area contributed by atoms with Crippen LogP contribution in [0.2, 0.25) is 0 Å². The van der Waals surface area contributed by atoms with Crippen molar-refractivity contribution in [1.29, 1.82) is 0 Å². The Morgan fingerprint density at radius 1 is 1.26 bits per heavy atom. The molecule has 23 heavy (non-hydrogen) atoms. The summed E-state index contributed by atoms with van der Waals surface area (Å²) in [6.45, 7) is 3.07. The summed E-state index contributed by atoms with van der Waals surface area (Å²) in [5.74, 6) is 0.801. The van der Waals surface area contributed by atoms with Gasteiger partial charge >= 0.3 is 0 Å². The van der Waals surface area contributed by atoms with Crippen molar-refractivity contribution in [3.63, 3.8) is 0 Å². The molecule has 2 aromatic rings. The van der Waals surface area contributed by atoms with E-state index in [0.717, 1.165) is 35.4 Å². The molecule has 1 saturated carbocycles. The number of rotatable bonds is 4. The number of aromatic nitrogens is 1. The van der Waals surface area contributed by atoms with Crippen molar-refractivity contribution in [2.75, 3.05) is 29.4 Å². The highest BCUT2D eigenvalue weighted by atomic mass is 32.1. The molecule has 120 valence electrons. The van der Waals surface area contributed by atoms with Gasteiger partial charge in [-0.05, 0) is 30.9 Å². The first kappa shape index (κ1) is 14.7. The zero-order chi connectivity index (χ0) is 15.8. The molecule has 6 heteroatoms. The van der Waals surface area contributed by atoms with E-state index in [1.54, 1.807) is 0 Å². The van der Waals surface area contributed by atoms with Crippen molar-refractivity contribution in [3.8, 4) is 0 Å². The normalized spacial score (nSPS) is 17.3. The highest BCUT2D eigenvalue weighted by molar-refractivity contribution is 7.09. The quantitative estimate of drug-likeness (QED) is 0.936. The van der Waals surface area contributed by atoms with Crippen molar-refractivity contribution in [2.24, 2.45) is 11.7 Å². The average molecular weight is 328 g/mol. The number of hydrogen-bond acceptors (Lipinski definition) is 5. The summed E-state index contributed by atoms with van der Waals surface area (Å²) in [5, 5.41) is 2.61. The predicted octanol–water partition coefficient (Wildman–Crippen LogP) is 2.48. The number of carbonyl (C=O) groups excluding carboxylic acids is 1. The van der Waals surface area contributed by atoms with Crippen LogP contribution in [0.5, 0.6) is 0 Å². The van der Waals surface area contributed by atoms with Gasteiger partial charge in [0.1, 0.15) is 10.7 Å². The summed E-state index contributed by atoms with van der Waals surface area (Å²) in [6, 6.07) is 8.18. The van der Waals surface area contributed by atoms with Gasteiger partial charge in [0, 0.05) is 31.6 Å². The molecule has 1 aliphatic carbocycles. The van der Waals surface area contributed by atoms with Crippen molar-refractivity contribution in [3.05, 3.63) is 40.3 Å². The number of nitrogens with zero attached hydrogens (tertiary/aromatic N) is 3. The lowest BCUT2D eigenvalue weighted by atomic mass is 10.1. The van der Waals surface area contributed by atoms with Crippen LogP contribution in [0.1, 0.15) is 28.3 Å². The van der Waals surface area contributed by atoms with Gasteiger partial charge in [-0.2, -0.15) is 0 Å². The summed E-state index contributed by atoms with van der Waals surface area (Å²) in [5.41, 5.74) is 8.26. The van der Waals surface area contributed by atoms with Gasteiger partial charge in [0.2, 0.25) is 0 Å². The molecule has 1 fully saturated rings. The van der Waals surface area contributed by atoms with E-state index >= 15 is 0 Å². The van der Waals surface area contributed by atoms with Crippen LogP contribution in [0, 0.1) is 5.92 Å². The topological polar surface area (TPSA) is 62.5 Å². The lowest BCUT2D eigenvalue weighted by Crippen LogP contribution is -2.44. The monoisotopic (exact) mass is 328 g/mol. The fourth-order valence-electron chi connectivity index (χ4n) is 3.08. The summed E-state index contributed by atoms with van der Waals surface area (Å²) >= 11 is 1.45. The summed E-state index contributed by atoms with van der Waals surface area (Å²) in [7, 11) is 0. The fraction of sp³-hybridized carbons (Fsp3) is 0.412. The number of thiazole rings is 1. The molecule has 0 bridgehead atoms. The van der Waals surface area contributed by atoms with E-state index in [0.29, 0.717) is 18.8 Å². The van der Waals surface area contributed by atoms with Gasteiger partial charge in [-0.3, -0.25) is 4.79 Å². The second-order valence-corrected chi connectivity index (χ2v) is 7.11. The van der Waals surface area contributed by atoms with E-state index in [1.165, 1.54) is 24.2 Å². The van der Waals surface area contributed by atoms with Crippen LogP contribution in [-0.4, -0.2) is 30.5 Å². The average Bonchev–Trinajstić information content (AvgIpc) is 3.27. The smallest absolute Gasteiger partial charge is 0.277 e. The fourth-order valence-corrected chi connectivity index (χ4v) is 3.72. The van der Waals surface area contributed by atoms with Gasteiger partial charge in [0.15, 0.2) is 0 Å². The third kappa shape index (κ3) is 2.84. The molecular formula is C17H20N4OS. The van der Waals surface area contributed by atoms with Crippen LogP contribution in [-0.2, 0) is 6.54 Å². The lowest BCUT2D eigenvalue weighted by Gasteiger charge is -2.37. The number of fused-ring (bicyclic) bond motifs is 1. The lowest BCUT2D eigenvalue weighted by molar-refractivity contribution is 0.0982. The highest BCUT2D eigenvalue weighted by Gasteiger charge is 2.31. The Kier molecular flexibility index (Phi) is 3.79. The molecule has 2 heterocycles. The Labute approximate surface area is 139 Å². The zero-order valence-electron chi connectivity index (χ0n) is 12.9. The second kappa shape index (κ2) is 5.94. The number of para-hydroxylation sites is 2. The van der Waals surface area contributed by atoms with Crippen molar-refractivity contribution in [2.45, 2.75) is 19.4 Å². The minimum absolute atomic E-state index is 0.0283. The molecule has 5 nitrogen and oxygen atoms in total. The minimum atomic E-state index is -0.0283. The highest BCUT2D eigenvalue weighted by Crippen LogP contribution is 2.37. The molecule has 0 saturated heterocycles. The third-order valence-corrected chi connectivity index (χ3v) is 5.34. The maximum absolute atomic E-state index is 12.8. The molecule has 1 aliphatic heterocycles. The van der Waals surface area contributed by atoms with E-state index in [9.17, 15) is 4.79 Å². The number of amides is 1. The molecule has 1 amide bonds. The van der Waals surface area contributed by atoms with Gasteiger partial charge in [-0.15, -0.1) is 11.3 Å². The molecule has 2 aliphatic rings. The number of carbonyl (C=O) groups is 1. The van der Waals surface area contributed by atoms with Crippen LogP contribution in [0.15, 0.2) is 29.6 Å².